The Hall–Kier alpha value is -5.94. The Kier molecular flexibility index (Phi) is 7.64. The number of benzene rings is 8. The number of thiophene rings is 2. The topological polar surface area (TPSA) is 25.8 Å². The van der Waals surface area contributed by atoms with Crippen LogP contribution in [0.5, 0.6) is 0 Å². The van der Waals surface area contributed by atoms with Crippen LogP contribution in [0.2, 0.25) is 0 Å². The van der Waals surface area contributed by atoms with Crippen LogP contribution in [0, 0.1) is 0 Å². The van der Waals surface area contributed by atoms with Crippen LogP contribution in [0.15, 0.2) is 146 Å². The zero-order chi connectivity index (χ0) is 37.7. The van der Waals surface area contributed by atoms with Crippen LogP contribution < -0.4 is 0 Å². The van der Waals surface area contributed by atoms with Gasteiger partial charge in [0, 0.05) is 56.7 Å². The summed E-state index contributed by atoms with van der Waals surface area (Å²) < 4.78 is 5.23. The van der Waals surface area contributed by atoms with Gasteiger partial charge in [-0.3, -0.25) is 4.98 Å². The number of nitrogens with zero attached hydrogens (tertiary/aromatic N) is 2. The zero-order valence-corrected chi connectivity index (χ0v) is 33.4. The molecule has 0 spiro atoms. The maximum Gasteiger partial charge on any atom is 0.0979 e. The summed E-state index contributed by atoms with van der Waals surface area (Å²) in [5.41, 5.74) is 11.3. The maximum atomic E-state index is 5.56. The van der Waals surface area contributed by atoms with Crippen LogP contribution in [0.25, 0.3) is 106 Å². The van der Waals surface area contributed by atoms with E-state index in [0.717, 1.165) is 33.1 Å². The van der Waals surface area contributed by atoms with E-state index in [-0.39, 0.29) is 0 Å². The fourth-order valence-corrected chi connectivity index (χ4v) is 11.1. The van der Waals surface area contributed by atoms with Gasteiger partial charge in [0.1, 0.15) is 0 Å². The predicted octanol–water partition coefficient (Wildman–Crippen LogP) is 15.9. The van der Waals surface area contributed by atoms with E-state index in [9.17, 15) is 0 Å². The first-order valence-electron chi connectivity index (χ1n) is 19.5. The van der Waals surface area contributed by atoms with Gasteiger partial charge in [0.25, 0.3) is 0 Å². The van der Waals surface area contributed by atoms with Gasteiger partial charge in [-0.1, -0.05) is 137 Å². The molecule has 0 bridgehead atoms. The molecular weight excluding hydrogens is 717 g/mol. The minimum absolute atomic E-state index is 0.424. The molecule has 56 heavy (non-hydrogen) atoms. The molecule has 0 aliphatic carbocycles. The summed E-state index contributed by atoms with van der Waals surface area (Å²) in [5, 5.41) is 10.0. The molecular formula is C52H38N2S2. The molecule has 268 valence electrons. The average Bonchev–Trinajstić information content (AvgIpc) is 3.82. The van der Waals surface area contributed by atoms with E-state index in [4.69, 9.17) is 9.97 Å². The highest BCUT2D eigenvalue weighted by Crippen LogP contribution is 2.45. The second-order valence-corrected chi connectivity index (χ2v) is 17.8. The van der Waals surface area contributed by atoms with E-state index in [0.29, 0.717) is 11.8 Å². The van der Waals surface area contributed by atoms with Crippen molar-refractivity contribution in [3.8, 4) is 33.5 Å². The first kappa shape index (κ1) is 33.4. The Morgan fingerprint density at radius 3 is 1.43 bits per heavy atom. The lowest BCUT2D eigenvalue weighted by molar-refractivity contribution is 0.868. The van der Waals surface area contributed by atoms with Gasteiger partial charge in [0.05, 0.1) is 22.9 Å². The molecule has 11 aromatic rings. The smallest absolute Gasteiger partial charge is 0.0979 e. The fraction of sp³-hybridized carbons (Fsp3) is 0.115. The van der Waals surface area contributed by atoms with E-state index < -0.39 is 0 Å². The third-order valence-corrected chi connectivity index (χ3v) is 14.1. The summed E-state index contributed by atoms with van der Waals surface area (Å²) in [6, 6.07) is 51.9. The molecule has 0 fully saturated rings. The monoisotopic (exact) mass is 754 g/mol. The Morgan fingerprint density at radius 2 is 0.893 bits per heavy atom. The summed E-state index contributed by atoms with van der Waals surface area (Å²) >= 11 is 3.75. The lowest BCUT2D eigenvalue weighted by Gasteiger charge is -2.16. The van der Waals surface area contributed by atoms with Crippen molar-refractivity contribution >= 4 is 95.6 Å². The molecule has 0 aliphatic rings. The second-order valence-electron chi connectivity index (χ2n) is 15.7. The van der Waals surface area contributed by atoms with Gasteiger partial charge in [0.2, 0.25) is 0 Å². The normalized spacial score (nSPS) is 12.2. The Bertz CT molecular complexity index is 3250. The Labute approximate surface area is 333 Å². The van der Waals surface area contributed by atoms with Gasteiger partial charge in [0.15, 0.2) is 0 Å². The molecule has 2 nitrogen and oxygen atoms in total. The fourth-order valence-electron chi connectivity index (χ4n) is 8.65. The van der Waals surface area contributed by atoms with Crippen molar-refractivity contribution in [1.29, 1.82) is 0 Å². The first-order valence-corrected chi connectivity index (χ1v) is 21.2. The zero-order valence-electron chi connectivity index (χ0n) is 31.7. The minimum atomic E-state index is 0.424. The van der Waals surface area contributed by atoms with Gasteiger partial charge >= 0.3 is 0 Å². The van der Waals surface area contributed by atoms with E-state index in [2.05, 4.69) is 167 Å². The SMILES string of the molecule is CC(C)c1ccc2c(c1)c1cc(C(C)C)ccc1c1nc(-c3cc(-c4cccc5c4sc4ccccc45)cc(-c4cccc5c4sc4ccccc45)c3)cnc21. The molecule has 0 N–H and O–H groups in total. The van der Waals surface area contributed by atoms with Gasteiger partial charge in [-0.05, 0) is 86.3 Å². The van der Waals surface area contributed by atoms with Crippen LogP contribution in [-0.4, -0.2) is 9.97 Å². The predicted molar refractivity (Wildman–Crippen MR) is 245 cm³/mol. The summed E-state index contributed by atoms with van der Waals surface area (Å²) in [7, 11) is 0. The number of aromatic nitrogens is 2. The molecule has 3 heterocycles. The standard InChI is InChI=1S/C52H38N2S2/c1-29(2)31-19-21-40-44(26-31)45-27-32(30(3)4)20-22-41(45)50-49(40)53-28-46(54-50)35-24-33(36-13-9-15-42-38-11-5-7-17-47(38)55-51(36)42)23-34(25-35)37-14-10-16-43-39-12-6-8-18-48(39)56-52(37)43/h5-30H,1-4H3. The molecule has 0 saturated carbocycles. The number of fused-ring (bicyclic) bond motifs is 12. The highest BCUT2D eigenvalue weighted by Gasteiger charge is 2.19. The van der Waals surface area contributed by atoms with Crippen molar-refractivity contribution < 1.29 is 0 Å². The highest BCUT2D eigenvalue weighted by atomic mass is 32.1. The molecule has 0 aliphatic heterocycles. The number of hydrogen-bond donors (Lipinski definition) is 0. The summed E-state index contributed by atoms with van der Waals surface area (Å²) in [4.78, 5) is 10.8. The van der Waals surface area contributed by atoms with E-state index in [1.165, 1.54) is 84.5 Å². The van der Waals surface area contributed by atoms with Crippen molar-refractivity contribution in [3.63, 3.8) is 0 Å². The lowest BCUT2D eigenvalue weighted by atomic mass is 9.91. The Balaban J connectivity index is 1.19. The molecule has 0 atom stereocenters. The van der Waals surface area contributed by atoms with Crippen molar-refractivity contribution in [2.45, 2.75) is 39.5 Å². The summed E-state index contributed by atoms with van der Waals surface area (Å²) in [6.07, 6.45) is 2.00. The van der Waals surface area contributed by atoms with Gasteiger partial charge < -0.3 is 0 Å². The van der Waals surface area contributed by atoms with Gasteiger partial charge in [-0.25, -0.2) is 4.98 Å². The number of rotatable bonds is 5. The van der Waals surface area contributed by atoms with E-state index in [1.54, 1.807) is 0 Å². The summed E-state index contributed by atoms with van der Waals surface area (Å²) in [6.45, 7) is 9.07. The lowest BCUT2D eigenvalue weighted by Crippen LogP contribution is -1.96. The van der Waals surface area contributed by atoms with Crippen LogP contribution in [0.4, 0.5) is 0 Å². The third-order valence-electron chi connectivity index (χ3n) is 11.7. The van der Waals surface area contributed by atoms with Crippen LogP contribution in [0.3, 0.4) is 0 Å². The van der Waals surface area contributed by atoms with Crippen LogP contribution >= 0.6 is 22.7 Å². The Morgan fingerprint density at radius 1 is 0.411 bits per heavy atom. The average molecular weight is 755 g/mol. The largest absolute Gasteiger partial charge is 0.252 e. The van der Waals surface area contributed by atoms with Gasteiger partial charge in [-0.2, -0.15) is 0 Å². The van der Waals surface area contributed by atoms with Crippen LogP contribution in [-0.2, 0) is 0 Å². The van der Waals surface area contributed by atoms with E-state index in [1.807, 2.05) is 28.9 Å². The molecule has 4 heteroatoms. The second kappa shape index (κ2) is 12.8. The minimum Gasteiger partial charge on any atom is -0.252 e. The number of hydrogen-bond acceptors (Lipinski definition) is 4. The van der Waals surface area contributed by atoms with Crippen molar-refractivity contribution in [2.24, 2.45) is 0 Å². The van der Waals surface area contributed by atoms with Crippen molar-refractivity contribution in [3.05, 3.63) is 157 Å². The van der Waals surface area contributed by atoms with Crippen molar-refractivity contribution in [2.75, 3.05) is 0 Å². The van der Waals surface area contributed by atoms with Crippen LogP contribution in [0.1, 0.15) is 50.7 Å². The third kappa shape index (κ3) is 5.20. The molecule has 3 aromatic heterocycles. The van der Waals surface area contributed by atoms with E-state index >= 15 is 0 Å². The summed E-state index contributed by atoms with van der Waals surface area (Å²) in [5.74, 6) is 0.859. The first-order chi connectivity index (χ1) is 27.4. The molecule has 11 rings (SSSR count). The van der Waals surface area contributed by atoms with Crippen molar-refractivity contribution in [1.82, 2.24) is 9.97 Å². The van der Waals surface area contributed by atoms with Gasteiger partial charge in [-0.15, -0.1) is 22.7 Å². The molecule has 8 aromatic carbocycles. The quantitative estimate of drug-likeness (QED) is 0.164. The maximum absolute atomic E-state index is 5.56. The molecule has 0 amide bonds. The molecule has 0 saturated heterocycles. The molecule has 0 unspecified atom stereocenters. The molecule has 0 radical (unpaired) electrons. The highest BCUT2D eigenvalue weighted by molar-refractivity contribution is 7.26.